The van der Waals surface area contributed by atoms with Crippen molar-refractivity contribution in [3.05, 3.63) is 82.1 Å². The maximum Gasteiger partial charge on any atom is 0.419 e. The zero-order chi connectivity index (χ0) is 21.3. The average molecular weight is 424 g/mol. The number of carbonyl (C=O) groups is 1. The molecule has 3 rings (SSSR count). The van der Waals surface area contributed by atoms with Crippen LogP contribution in [0.1, 0.15) is 21.5 Å². The lowest BCUT2D eigenvalue weighted by atomic mass is 9.95. The second kappa shape index (κ2) is 7.75. The number of hydrogen-bond donors (Lipinski definition) is 2. The van der Waals surface area contributed by atoms with Gasteiger partial charge in [-0.2, -0.15) is 13.2 Å². The number of aromatic hydroxyl groups is 1. The molecular formula is C21H14ClF4NO2. The van der Waals surface area contributed by atoms with E-state index in [4.69, 9.17) is 11.6 Å². The fourth-order valence-electron chi connectivity index (χ4n) is 2.89. The number of halogens is 5. The number of rotatable bonds is 3. The lowest BCUT2D eigenvalue weighted by molar-refractivity contribution is -0.139. The molecule has 8 heteroatoms. The molecule has 3 aromatic carbocycles. The minimum Gasteiger partial charge on any atom is -0.507 e. The summed E-state index contributed by atoms with van der Waals surface area (Å²) >= 11 is 5.80. The van der Waals surface area contributed by atoms with E-state index in [2.05, 4.69) is 5.32 Å². The minimum atomic E-state index is -4.97. The third kappa shape index (κ3) is 4.19. The monoisotopic (exact) mass is 423 g/mol. The van der Waals surface area contributed by atoms with E-state index in [1.165, 1.54) is 13.0 Å². The number of phenolic OH excluding ortho intramolecular Hbond substituents is 1. The van der Waals surface area contributed by atoms with Gasteiger partial charge in [0.05, 0.1) is 16.8 Å². The van der Waals surface area contributed by atoms with Gasteiger partial charge in [0.15, 0.2) is 5.82 Å². The molecule has 0 aromatic heterocycles. The highest BCUT2D eigenvalue weighted by Crippen LogP contribution is 2.40. The van der Waals surface area contributed by atoms with Gasteiger partial charge >= 0.3 is 6.18 Å². The molecule has 0 radical (unpaired) electrons. The van der Waals surface area contributed by atoms with Crippen molar-refractivity contribution in [1.29, 1.82) is 0 Å². The molecule has 0 atom stereocenters. The SMILES string of the molecule is Cc1c(-c2ccccc2)cc(C(F)(F)F)c(F)c1NC(=O)c1cc(Cl)ccc1O. The smallest absolute Gasteiger partial charge is 0.419 e. The first-order valence-corrected chi connectivity index (χ1v) is 8.73. The predicted molar refractivity (Wildman–Crippen MR) is 103 cm³/mol. The third-order valence-electron chi connectivity index (χ3n) is 4.36. The number of benzene rings is 3. The fourth-order valence-corrected chi connectivity index (χ4v) is 3.07. The topological polar surface area (TPSA) is 49.3 Å². The molecular weight excluding hydrogens is 410 g/mol. The maximum atomic E-state index is 14.8. The summed E-state index contributed by atoms with van der Waals surface area (Å²) in [6.07, 6.45) is -4.97. The first-order chi connectivity index (χ1) is 13.6. The summed E-state index contributed by atoms with van der Waals surface area (Å²) in [7, 11) is 0. The predicted octanol–water partition coefficient (Wildman–Crippen LogP) is 6.43. The highest BCUT2D eigenvalue weighted by atomic mass is 35.5. The van der Waals surface area contributed by atoms with Gasteiger partial charge in [0, 0.05) is 5.02 Å². The molecule has 0 aliphatic heterocycles. The number of amides is 1. The molecule has 29 heavy (non-hydrogen) atoms. The van der Waals surface area contributed by atoms with Gasteiger partial charge in [0.1, 0.15) is 5.75 Å². The first kappa shape index (κ1) is 20.7. The second-order valence-electron chi connectivity index (χ2n) is 6.27. The quantitative estimate of drug-likeness (QED) is 0.477. The van der Waals surface area contributed by atoms with Crippen LogP contribution in [0.3, 0.4) is 0 Å². The van der Waals surface area contributed by atoms with E-state index in [0.717, 1.165) is 12.1 Å². The number of nitrogens with one attached hydrogen (secondary N) is 1. The Morgan fingerprint density at radius 3 is 2.34 bits per heavy atom. The van der Waals surface area contributed by atoms with E-state index in [9.17, 15) is 27.5 Å². The van der Waals surface area contributed by atoms with E-state index in [-0.39, 0.29) is 21.7 Å². The van der Waals surface area contributed by atoms with Crippen LogP contribution in [-0.2, 0) is 6.18 Å². The van der Waals surface area contributed by atoms with Crippen LogP contribution in [0.2, 0.25) is 5.02 Å². The van der Waals surface area contributed by atoms with Crippen LogP contribution >= 0.6 is 11.6 Å². The van der Waals surface area contributed by atoms with Gasteiger partial charge in [-0.1, -0.05) is 41.9 Å². The van der Waals surface area contributed by atoms with E-state index in [1.807, 2.05) is 0 Å². The third-order valence-corrected chi connectivity index (χ3v) is 4.59. The van der Waals surface area contributed by atoms with Gasteiger partial charge in [-0.15, -0.1) is 0 Å². The molecule has 150 valence electrons. The molecule has 0 bridgehead atoms. The van der Waals surface area contributed by atoms with E-state index in [1.54, 1.807) is 30.3 Å². The Morgan fingerprint density at radius 1 is 1.07 bits per heavy atom. The van der Waals surface area contributed by atoms with Crippen molar-refractivity contribution in [2.45, 2.75) is 13.1 Å². The Labute approximate surface area is 168 Å². The van der Waals surface area contributed by atoms with Crippen LogP contribution in [0, 0.1) is 12.7 Å². The minimum absolute atomic E-state index is 0.108. The molecule has 0 heterocycles. The van der Waals surface area contributed by atoms with Crippen molar-refractivity contribution in [2.75, 3.05) is 5.32 Å². The standard InChI is InChI=1S/C21H14ClF4NO2/c1-11-14(12-5-3-2-4-6-12)10-16(21(24,25)26)18(23)19(11)27-20(29)15-9-13(22)7-8-17(15)28/h2-10,28H,1H3,(H,27,29). The van der Waals surface area contributed by atoms with Gasteiger partial charge in [-0.05, 0) is 47.9 Å². The van der Waals surface area contributed by atoms with E-state index in [0.29, 0.717) is 11.6 Å². The van der Waals surface area contributed by atoms with Crippen LogP contribution in [0.25, 0.3) is 11.1 Å². The largest absolute Gasteiger partial charge is 0.507 e. The van der Waals surface area contributed by atoms with Crippen LogP contribution < -0.4 is 5.32 Å². The highest BCUT2D eigenvalue weighted by molar-refractivity contribution is 6.31. The van der Waals surface area contributed by atoms with Crippen LogP contribution in [0.5, 0.6) is 5.75 Å². The van der Waals surface area contributed by atoms with Gasteiger partial charge in [-0.3, -0.25) is 4.79 Å². The van der Waals surface area contributed by atoms with Crippen molar-refractivity contribution in [3.63, 3.8) is 0 Å². The Balaban J connectivity index is 2.17. The van der Waals surface area contributed by atoms with Gasteiger partial charge in [0.2, 0.25) is 0 Å². The molecule has 0 aliphatic carbocycles. The molecule has 0 saturated carbocycles. The Morgan fingerprint density at radius 2 is 1.72 bits per heavy atom. The maximum absolute atomic E-state index is 14.8. The molecule has 3 nitrogen and oxygen atoms in total. The van der Waals surface area contributed by atoms with Gasteiger partial charge in [-0.25, -0.2) is 4.39 Å². The normalized spacial score (nSPS) is 11.4. The summed E-state index contributed by atoms with van der Waals surface area (Å²) in [5, 5.41) is 12.1. The fraction of sp³-hybridized carbons (Fsp3) is 0.0952. The van der Waals surface area contributed by atoms with Crippen molar-refractivity contribution in [1.82, 2.24) is 0 Å². The molecule has 0 unspecified atom stereocenters. The van der Waals surface area contributed by atoms with E-state index < -0.39 is 34.9 Å². The molecule has 0 aliphatic rings. The van der Waals surface area contributed by atoms with Gasteiger partial charge in [0.25, 0.3) is 5.91 Å². The molecule has 3 aromatic rings. The van der Waals surface area contributed by atoms with Gasteiger partial charge < -0.3 is 10.4 Å². The number of alkyl halides is 3. The van der Waals surface area contributed by atoms with E-state index >= 15 is 0 Å². The lowest BCUT2D eigenvalue weighted by Crippen LogP contribution is -2.18. The van der Waals surface area contributed by atoms with Crippen LogP contribution in [-0.4, -0.2) is 11.0 Å². The summed E-state index contributed by atoms with van der Waals surface area (Å²) in [4.78, 5) is 12.5. The Hall–Kier alpha value is -3.06. The zero-order valence-corrected chi connectivity index (χ0v) is 15.7. The van der Waals surface area contributed by atoms with Crippen molar-refractivity contribution < 1.29 is 27.5 Å². The molecule has 1 amide bonds. The summed E-state index contributed by atoms with van der Waals surface area (Å²) in [6, 6.07) is 12.4. The van der Waals surface area contributed by atoms with Crippen LogP contribution in [0.4, 0.5) is 23.2 Å². The van der Waals surface area contributed by atoms with Crippen LogP contribution in [0.15, 0.2) is 54.6 Å². The van der Waals surface area contributed by atoms with Crippen molar-refractivity contribution >= 4 is 23.2 Å². The Bertz CT molecular complexity index is 1080. The highest BCUT2D eigenvalue weighted by Gasteiger charge is 2.37. The molecule has 2 N–H and O–H groups in total. The molecule has 0 spiro atoms. The second-order valence-corrected chi connectivity index (χ2v) is 6.70. The first-order valence-electron chi connectivity index (χ1n) is 8.35. The number of hydrogen-bond acceptors (Lipinski definition) is 2. The van der Waals surface area contributed by atoms with Crippen molar-refractivity contribution in [3.8, 4) is 16.9 Å². The average Bonchev–Trinajstić information content (AvgIpc) is 2.66. The summed E-state index contributed by atoms with van der Waals surface area (Å²) in [5.41, 5.74) is -1.77. The Kier molecular flexibility index (Phi) is 5.53. The number of phenols is 1. The van der Waals surface area contributed by atoms with Crippen molar-refractivity contribution in [2.24, 2.45) is 0 Å². The summed E-state index contributed by atoms with van der Waals surface area (Å²) in [5.74, 6) is -3.05. The molecule has 0 saturated heterocycles. The number of anilines is 1. The zero-order valence-electron chi connectivity index (χ0n) is 14.9. The summed E-state index contributed by atoms with van der Waals surface area (Å²) < 4.78 is 55.0. The molecule has 0 fully saturated rings. The number of carbonyl (C=O) groups excluding carboxylic acids is 1. The summed E-state index contributed by atoms with van der Waals surface area (Å²) in [6.45, 7) is 1.40. The lowest BCUT2D eigenvalue weighted by Gasteiger charge is -2.19.